The molecule has 1 aromatic heterocycles. The van der Waals surface area contributed by atoms with Crippen LogP contribution in [0.2, 0.25) is 0 Å². The number of aromatic carboxylic acids is 1. The van der Waals surface area contributed by atoms with Crippen LogP contribution in [-0.2, 0) is 15.6 Å². The summed E-state index contributed by atoms with van der Waals surface area (Å²) in [4.78, 5) is 11.9. The van der Waals surface area contributed by atoms with Gasteiger partial charge in [0.1, 0.15) is 14.7 Å². The van der Waals surface area contributed by atoms with Crippen molar-refractivity contribution in [2.75, 3.05) is 17.8 Å². The third-order valence-electron chi connectivity index (χ3n) is 1.72. The Labute approximate surface area is 103 Å². The van der Waals surface area contributed by atoms with Crippen LogP contribution in [0.3, 0.4) is 0 Å². The lowest BCUT2D eigenvalue weighted by atomic mass is 10.4. The van der Waals surface area contributed by atoms with Crippen LogP contribution in [0.25, 0.3) is 0 Å². The summed E-state index contributed by atoms with van der Waals surface area (Å²) < 4.78 is 21.7. The molecule has 0 saturated carbocycles. The minimum atomic E-state index is -2.90. The van der Waals surface area contributed by atoms with Gasteiger partial charge in [-0.1, -0.05) is 0 Å². The zero-order chi connectivity index (χ0) is 12.2. The summed E-state index contributed by atoms with van der Waals surface area (Å²) in [6, 6.07) is 3.33. The quantitative estimate of drug-likeness (QED) is 0.803. The summed E-state index contributed by atoms with van der Waals surface area (Å²) >= 11 is 2.73. The van der Waals surface area contributed by atoms with Crippen LogP contribution < -0.4 is 0 Å². The van der Waals surface area contributed by atoms with E-state index in [-0.39, 0.29) is 5.75 Å². The maximum atomic E-state index is 10.8. The predicted molar refractivity (Wildman–Crippen MR) is 67.2 cm³/mol. The molecule has 16 heavy (non-hydrogen) atoms. The molecular weight excluding hydrogens is 268 g/mol. The summed E-state index contributed by atoms with van der Waals surface area (Å²) in [7, 11) is -2.90. The average Bonchev–Trinajstić information content (AvgIpc) is 2.59. The Hall–Kier alpha value is -0.530. The number of thioether (sulfide) groups is 1. The number of hydrogen-bond acceptors (Lipinski definition) is 5. The topological polar surface area (TPSA) is 71.4 Å². The smallest absolute Gasteiger partial charge is 0.345 e. The van der Waals surface area contributed by atoms with E-state index < -0.39 is 15.8 Å². The molecule has 0 saturated heterocycles. The molecule has 1 heterocycles. The van der Waals surface area contributed by atoms with Crippen molar-refractivity contribution in [1.82, 2.24) is 0 Å². The van der Waals surface area contributed by atoms with E-state index in [9.17, 15) is 13.2 Å². The van der Waals surface area contributed by atoms with Crippen LogP contribution in [0.4, 0.5) is 0 Å². The van der Waals surface area contributed by atoms with Crippen molar-refractivity contribution in [3.05, 3.63) is 21.9 Å². The number of sulfone groups is 1. The number of thiophene rings is 1. The number of carboxylic acid groups (broad SMARTS) is 1. The van der Waals surface area contributed by atoms with E-state index in [1.807, 2.05) is 0 Å². The first-order valence-electron chi connectivity index (χ1n) is 4.46. The Bertz CT molecular complexity index is 461. The van der Waals surface area contributed by atoms with Crippen LogP contribution in [-0.4, -0.2) is 37.3 Å². The van der Waals surface area contributed by atoms with E-state index in [1.54, 1.807) is 12.1 Å². The Morgan fingerprint density at radius 3 is 2.69 bits per heavy atom. The second-order valence-corrected chi connectivity index (χ2v) is 7.79. The van der Waals surface area contributed by atoms with Gasteiger partial charge in [-0.15, -0.1) is 11.3 Å². The zero-order valence-electron chi connectivity index (χ0n) is 8.67. The molecule has 1 aromatic rings. The van der Waals surface area contributed by atoms with Crippen molar-refractivity contribution in [2.24, 2.45) is 0 Å². The van der Waals surface area contributed by atoms with E-state index in [4.69, 9.17) is 5.11 Å². The number of carboxylic acids is 1. The summed E-state index contributed by atoms with van der Waals surface area (Å²) in [5.41, 5.74) is 0. The van der Waals surface area contributed by atoms with Crippen LogP contribution in [0, 0.1) is 0 Å². The first kappa shape index (κ1) is 13.5. The Balaban J connectivity index is 2.35. The third kappa shape index (κ3) is 5.00. The van der Waals surface area contributed by atoms with Gasteiger partial charge in [-0.25, -0.2) is 13.2 Å². The fourth-order valence-corrected chi connectivity index (χ4v) is 4.21. The van der Waals surface area contributed by atoms with Gasteiger partial charge in [0.2, 0.25) is 0 Å². The summed E-state index contributed by atoms with van der Waals surface area (Å²) in [6.45, 7) is 0. The van der Waals surface area contributed by atoms with Gasteiger partial charge in [-0.05, 0) is 12.1 Å². The third-order valence-corrected chi connectivity index (χ3v) is 5.18. The lowest BCUT2D eigenvalue weighted by Gasteiger charge is -1.98. The highest BCUT2D eigenvalue weighted by molar-refractivity contribution is 8.00. The van der Waals surface area contributed by atoms with E-state index in [0.29, 0.717) is 16.4 Å². The van der Waals surface area contributed by atoms with Gasteiger partial charge in [0.15, 0.2) is 0 Å². The maximum absolute atomic E-state index is 10.8. The Morgan fingerprint density at radius 2 is 2.19 bits per heavy atom. The van der Waals surface area contributed by atoms with Crippen molar-refractivity contribution in [3.63, 3.8) is 0 Å². The van der Waals surface area contributed by atoms with Crippen LogP contribution in [0.15, 0.2) is 12.1 Å². The highest BCUT2D eigenvalue weighted by Gasteiger charge is 2.07. The predicted octanol–water partition coefficient (Wildman–Crippen LogP) is 1.72. The van der Waals surface area contributed by atoms with Gasteiger partial charge in [0, 0.05) is 22.6 Å². The minimum absolute atomic E-state index is 0.162. The average molecular weight is 280 g/mol. The van der Waals surface area contributed by atoms with E-state index >= 15 is 0 Å². The summed E-state index contributed by atoms with van der Waals surface area (Å²) in [6.07, 6.45) is 1.21. The largest absolute Gasteiger partial charge is 0.477 e. The molecule has 0 spiro atoms. The molecule has 0 aliphatic rings. The first-order chi connectivity index (χ1) is 7.38. The van der Waals surface area contributed by atoms with Crippen molar-refractivity contribution in [3.8, 4) is 0 Å². The summed E-state index contributed by atoms with van der Waals surface area (Å²) in [5, 5.41) is 8.70. The molecular formula is C9H12O4S3. The van der Waals surface area contributed by atoms with Crippen LogP contribution in [0.1, 0.15) is 14.5 Å². The first-order valence-corrected chi connectivity index (χ1v) is 8.49. The molecule has 0 radical (unpaired) electrons. The molecule has 0 fully saturated rings. The van der Waals surface area contributed by atoms with E-state index in [2.05, 4.69) is 0 Å². The Morgan fingerprint density at radius 1 is 1.50 bits per heavy atom. The number of rotatable bonds is 6. The maximum Gasteiger partial charge on any atom is 0.345 e. The minimum Gasteiger partial charge on any atom is -0.477 e. The highest BCUT2D eigenvalue weighted by atomic mass is 32.2. The van der Waals surface area contributed by atoms with E-state index in [1.165, 1.54) is 29.4 Å². The fourth-order valence-electron chi connectivity index (χ4n) is 0.953. The van der Waals surface area contributed by atoms with Crippen molar-refractivity contribution in [1.29, 1.82) is 0 Å². The second-order valence-electron chi connectivity index (χ2n) is 3.25. The van der Waals surface area contributed by atoms with Gasteiger partial charge < -0.3 is 5.11 Å². The molecule has 4 nitrogen and oxygen atoms in total. The zero-order valence-corrected chi connectivity index (χ0v) is 11.1. The van der Waals surface area contributed by atoms with Gasteiger partial charge in [-0.3, -0.25) is 0 Å². The van der Waals surface area contributed by atoms with Crippen molar-refractivity contribution < 1.29 is 18.3 Å². The van der Waals surface area contributed by atoms with Crippen molar-refractivity contribution in [2.45, 2.75) is 5.75 Å². The summed E-state index contributed by atoms with van der Waals surface area (Å²) in [5.74, 6) is 0.443. The molecule has 90 valence electrons. The molecule has 0 unspecified atom stereocenters. The lowest BCUT2D eigenvalue weighted by Crippen LogP contribution is -2.04. The SMILES string of the molecule is CS(=O)(=O)CCSCc1ccc(C(=O)O)s1. The standard InChI is InChI=1S/C9H12O4S3/c1-16(12,13)5-4-14-6-7-2-3-8(15-7)9(10)11/h2-3H,4-6H2,1H3,(H,10,11). The van der Waals surface area contributed by atoms with Gasteiger partial charge in [0.05, 0.1) is 5.75 Å². The van der Waals surface area contributed by atoms with Gasteiger partial charge in [0.25, 0.3) is 0 Å². The van der Waals surface area contributed by atoms with Crippen molar-refractivity contribution >= 4 is 38.9 Å². The molecule has 0 aliphatic heterocycles. The molecule has 0 bridgehead atoms. The number of carbonyl (C=O) groups is 1. The van der Waals surface area contributed by atoms with E-state index in [0.717, 1.165) is 4.88 Å². The lowest BCUT2D eigenvalue weighted by molar-refractivity contribution is 0.0702. The molecule has 1 N–H and O–H groups in total. The van der Waals surface area contributed by atoms with Gasteiger partial charge >= 0.3 is 5.97 Å². The van der Waals surface area contributed by atoms with Crippen LogP contribution in [0.5, 0.6) is 0 Å². The second kappa shape index (κ2) is 5.70. The normalized spacial score (nSPS) is 11.6. The molecule has 1 rings (SSSR count). The molecule has 7 heteroatoms. The van der Waals surface area contributed by atoms with Crippen LogP contribution >= 0.6 is 23.1 Å². The fraction of sp³-hybridized carbons (Fsp3) is 0.444. The monoisotopic (exact) mass is 280 g/mol. The Kier molecular flexibility index (Phi) is 4.82. The molecule has 0 amide bonds. The molecule has 0 atom stereocenters. The highest BCUT2D eigenvalue weighted by Crippen LogP contribution is 2.21. The molecule has 0 aromatic carbocycles. The van der Waals surface area contributed by atoms with Gasteiger partial charge in [-0.2, -0.15) is 11.8 Å². The number of hydrogen-bond donors (Lipinski definition) is 1. The molecule has 0 aliphatic carbocycles.